The van der Waals surface area contributed by atoms with Crippen molar-refractivity contribution in [2.24, 2.45) is 7.05 Å². The molecular formula is C25H30N6O2S2. The van der Waals surface area contributed by atoms with Crippen LogP contribution in [0.15, 0.2) is 51.7 Å². The van der Waals surface area contributed by atoms with Crippen LogP contribution in [0.4, 0.5) is 5.69 Å². The van der Waals surface area contributed by atoms with Crippen molar-refractivity contribution in [3.63, 3.8) is 0 Å². The topological polar surface area (TPSA) is 86.7 Å². The van der Waals surface area contributed by atoms with Crippen LogP contribution in [0.25, 0.3) is 17.1 Å². The summed E-state index contributed by atoms with van der Waals surface area (Å²) in [6.07, 6.45) is 3.09. The molecule has 0 aliphatic carbocycles. The number of thiophene rings is 1. The Morgan fingerprint density at radius 1 is 1.14 bits per heavy atom. The second-order valence-electron chi connectivity index (χ2n) is 8.28. The van der Waals surface area contributed by atoms with Crippen molar-refractivity contribution >= 4 is 34.7 Å². The lowest BCUT2D eigenvalue weighted by Crippen LogP contribution is -2.23. The van der Waals surface area contributed by atoms with Gasteiger partial charge in [-0.25, -0.2) is 4.68 Å². The van der Waals surface area contributed by atoms with Gasteiger partial charge in [0, 0.05) is 29.4 Å². The summed E-state index contributed by atoms with van der Waals surface area (Å²) in [7, 11) is 1.80. The van der Waals surface area contributed by atoms with Crippen LogP contribution in [-0.2, 0) is 24.8 Å². The highest BCUT2D eigenvalue weighted by Gasteiger charge is 2.20. The molecule has 0 fully saturated rings. The van der Waals surface area contributed by atoms with Crippen LogP contribution in [0.5, 0.6) is 0 Å². The summed E-state index contributed by atoms with van der Waals surface area (Å²) in [5.41, 5.74) is 2.53. The molecule has 4 aromatic rings. The molecule has 4 rings (SSSR count). The number of para-hydroxylation sites is 1. The van der Waals surface area contributed by atoms with Gasteiger partial charge in [-0.15, -0.1) is 21.5 Å². The lowest BCUT2D eigenvalue weighted by atomic mass is 10.2. The number of amides is 1. The molecule has 8 nitrogen and oxygen atoms in total. The molecule has 184 valence electrons. The Labute approximate surface area is 213 Å². The minimum absolute atomic E-state index is 0.131. The number of hydrogen-bond donors (Lipinski definition) is 1. The van der Waals surface area contributed by atoms with Crippen molar-refractivity contribution in [1.29, 1.82) is 0 Å². The number of aryl methyl sites for hydroxylation is 1. The fourth-order valence-electron chi connectivity index (χ4n) is 3.93. The van der Waals surface area contributed by atoms with Crippen LogP contribution in [0, 0.1) is 6.92 Å². The second kappa shape index (κ2) is 11.1. The zero-order valence-corrected chi connectivity index (χ0v) is 22.1. The first kappa shape index (κ1) is 25.0. The number of nitrogens with zero attached hydrogens (tertiary/aromatic N) is 5. The van der Waals surface area contributed by atoms with Crippen molar-refractivity contribution in [3.8, 4) is 17.1 Å². The molecule has 0 bridgehead atoms. The monoisotopic (exact) mass is 510 g/mol. The van der Waals surface area contributed by atoms with Gasteiger partial charge >= 0.3 is 0 Å². The van der Waals surface area contributed by atoms with E-state index in [1.807, 2.05) is 37.3 Å². The van der Waals surface area contributed by atoms with E-state index in [0.29, 0.717) is 16.5 Å². The van der Waals surface area contributed by atoms with Crippen molar-refractivity contribution < 1.29 is 4.79 Å². The molecule has 0 spiro atoms. The number of benzene rings is 1. The van der Waals surface area contributed by atoms with E-state index >= 15 is 0 Å². The lowest BCUT2D eigenvalue weighted by molar-refractivity contribution is -0.113. The number of carbonyl (C=O) groups is 1. The van der Waals surface area contributed by atoms with Crippen molar-refractivity contribution in [3.05, 3.63) is 62.7 Å². The predicted octanol–water partition coefficient (Wildman–Crippen LogP) is 4.90. The smallest absolute Gasteiger partial charge is 0.295 e. The number of carbonyl (C=O) groups excluding carboxylic acids is 1. The van der Waals surface area contributed by atoms with Gasteiger partial charge in [-0.3, -0.25) is 14.3 Å². The zero-order chi connectivity index (χ0) is 24.9. The molecular weight excluding hydrogens is 480 g/mol. The van der Waals surface area contributed by atoms with Crippen molar-refractivity contribution in [2.45, 2.75) is 51.7 Å². The Morgan fingerprint density at radius 3 is 2.63 bits per heavy atom. The van der Waals surface area contributed by atoms with E-state index in [9.17, 15) is 9.59 Å². The number of aromatic nitrogens is 5. The van der Waals surface area contributed by atoms with Gasteiger partial charge in [-0.1, -0.05) is 50.2 Å². The van der Waals surface area contributed by atoms with E-state index < -0.39 is 0 Å². The first-order valence-corrected chi connectivity index (χ1v) is 13.6. The molecule has 3 heterocycles. The molecule has 0 saturated carbocycles. The molecule has 35 heavy (non-hydrogen) atoms. The first-order chi connectivity index (χ1) is 16.9. The average Bonchev–Trinajstić information content (AvgIpc) is 3.53. The Kier molecular flexibility index (Phi) is 7.92. The molecule has 1 aromatic carbocycles. The molecule has 10 heteroatoms. The average molecular weight is 511 g/mol. The van der Waals surface area contributed by atoms with Gasteiger partial charge in [0.2, 0.25) is 5.91 Å². The van der Waals surface area contributed by atoms with Crippen LogP contribution in [0.2, 0.25) is 0 Å². The van der Waals surface area contributed by atoms with Gasteiger partial charge in [-0.2, -0.15) is 0 Å². The van der Waals surface area contributed by atoms with E-state index in [2.05, 4.69) is 45.4 Å². The van der Waals surface area contributed by atoms with Crippen LogP contribution in [-0.4, -0.2) is 35.8 Å². The van der Waals surface area contributed by atoms with E-state index in [0.717, 1.165) is 42.9 Å². The fourth-order valence-corrected chi connectivity index (χ4v) is 5.66. The number of thioether (sulfide) groups is 1. The molecule has 3 aromatic heterocycles. The van der Waals surface area contributed by atoms with Gasteiger partial charge in [-0.05, 0) is 38.0 Å². The van der Waals surface area contributed by atoms with E-state index in [-0.39, 0.29) is 17.2 Å². The van der Waals surface area contributed by atoms with Gasteiger partial charge in [0.1, 0.15) is 5.69 Å². The normalized spacial score (nSPS) is 11.2. The second-order valence-corrected chi connectivity index (χ2v) is 10.2. The Morgan fingerprint density at radius 2 is 1.91 bits per heavy atom. The van der Waals surface area contributed by atoms with E-state index in [1.54, 1.807) is 27.7 Å². The summed E-state index contributed by atoms with van der Waals surface area (Å²) in [5, 5.41) is 14.4. The van der Waals surface area contributed by atoms with Gasteiger partial charge in [0.05, 0.1) is 17.1 Å². The highest BCUT2D eigenvalue weighted by molar-refractivity contribution is 7.99. The quantitative estimate of drug-likeness (QED) is 0.307. The summed E-state index contributed by atoms with van der Waals surface area (Å²) in [6.45, 7) is 6.87. The Balaban J connectivity index is 1.50. The molecule has 1 N–H and O–H groups in total. The van der Waals surface area contributed by atoms with E-state index in [4.69, 9.17) is 0 Å². The SMILES string of the molecule is CCCc1cc(-c2nnc(SCC(=O)Nc3c(C)n(C)n(-c4ccccc4)c3=O)n2CCC)cs1. The lowest BCUT2D eigenvalue weighted by Gasteiger charge is -2.08. The minimum Gasteiger partial charge on any atom is -0.319 e. The van der Waals surface area contributed by atoms with Gasteiger partial charge < -0.3 is 9.88 Å². The summed E-state index contributed by atoms with van der Waals surface area (Å²) in [5.74, 6) is 0.707. The number of anilines is 1. The fraction of sp³-hybridized carbons (Fsp3) is 0.360. The molecule has 0 radical (unpaired) electrons. The minimum atomic E-state index is -0.258. The maximum atomic E-state index is 13.1. The van der Waals surface area contributed by atoms with Crippen LogP contribution in [0.1, 0.15) is 37.3 Å². The molecule has 0 saturated heterocycles. The third-order valence-corrected chi connectivity index (χ3v) is 7.69. The summed E-state index contributed by atoms with van der Waals surface area (Å²) < 4.78 is 5.38. The third kappa shape index (κ3) is 5.28. The standard InChI is InChI=1S/C25H30N6O2S2/c1-5-10-20-14-18(15-34-20)23-27-28-25(30(23)13-6-2)35-16-21(32)26-22-17(3)29(4)31(24(22)33)19-11-8-7-9-12-19/h7-9,11-12,14-15H,5-6,10,13,16H2,1-4H3,(H,26,32). The summed E-state index contributed by atoms with van der Waals surface area (Å²) >= 11 is 3.07. The van der Waals surface area contributed by atoms with E-state index in [1.165, 1.54) is 16.6 Å². The molecule has 0 unspecified atom stereocenters. The first-order valence-electron chi connectivity index (χ1n) is 11.7. The summed E-state index contributed by atoms with van der Waals surface area (Å²) in [4.78, 5) is 27.2. The maximum Gasteiger partial charge on any atom is 0.295 e. The van der Waals surface area contributed by atoms with Crippen molar-refractivity contribution in [1.82, 2.24) is 24.1 Å². The van der Waals surface area contributed by atoms with Crippen LogP contribution >= 0.6 is 23.1 Å². The maximum absolute atomic E-state index is 13.1. The zero-order valence-electron chi connectivity index (χ0n) is 20.4. The molecule has 1 amide bonds. The number of hydrogen-bond acceptors (Lipinski definition) is 6. The largest absolute Gasteiger partial charge is 0.319 e. The Hall–Kier alpha value is -3.11. The van der Waals surface area contributed by atoms with Gasteiger partial charge in [0.15, 0.2) is 11.0 Å². The molecule has 0 atom stereocenters. The van der Waals surface area contributed by atoms with Crippen molar-refractivity contribution in [2.75, 3.05) is 11.1 Å². The van der Waals surface area contributed by atoms with Crippen LogP contribution < -0.4 is 10.9 Å². The number of rotatable bonds is 10. The molecule has 0 aliphatic heterocycles. The number of nitrogens with one attached hydrogen (secondary N) is 1. The Bertz CT molecular complexity index is 1370. The highest BCUT2D eigenvalue weighted by atomic mass is 32.2. The highest BCUT2D eigenvalue weighted by Crippen LogP contribution is 2.29. The third-order valence-electron chi connectivity index (χ3n) is 5.72. The van der Waals surface area contributed by atoms with Crippen LogP contribution in [0.3, 0.4) is 0 Å². The summed E-state index contributed by atoms with van der Waals surface area (Å²) in [6, 6.07) is 11.6. The molecule has 0 aliphatic rings. The predicted molar refractivity (Wildman–Crippen MR) is 143 cm³/mol. The van der Waals surface area contributed by atoms with Gasteiger partial charge in [0.25, 0.3) is 5.56 Å².